The van der Waals surface area contributed by atoms with E-state index in [9.17, 15) is 26.8 Å². The van der Waals surface area contributed by atoms with Crippen molar-refractivity contribution in [3.8, 4) is 0 Å². The van der Waals surface area contributed by atoms with Gasteiger partial charge in [0.1, 0.15) is 17.2 Å². The van der Waals surface area contributed by atoms with Gasteiger partial charge in [-0.15, -0.1) is 0 Å². The summed E-state index contributed by atoms with van der Waals surface area (Å²) < 4.78 is 65.2. The van der Waals surface area contributed by atoms with E-state index in [0.29, 0.717) is 22.0 Å². The largest absolute Gasteiger partial charge is 0.468 e. The summed E-state index contributed by atoms with van der Waals surface area (Å²) in [5, 5.41) is 6.28. The van der Waals surface area contributed by atoms with Crippen molar-refractivity contribution in [2.24, 2.45) is 5.92 Å². The molecule has 37 heavy (non-hydrogen) atoms. The molecule has 194 valence electrons. The van der Waals surface area contributed by atoms with E-state index in [4.69, 9.17) is 9.15 Å². The lowest BCUT2D eigenvalue weighted by Gasteiger charge is -2.19. The number of anilines is 2. The first-order chi connectivity index (χ1) is 17.5. The molecule has 0 spiro atoms. The quantitative estimate of drug-likeness (QED) is 0.289. The number of urea groups is 1. The number of methoxy groups -OCH3 is 1. The Labute approximate surface area is 210 Å². The van der Waals surface area contributed by atoms with Crippen LogP contribution in [0.5, 0.6) is 0 Å². The third-order valence-electron chi connectivity index (χ3n) is 5.59. The Bertz CT molecular complexity index is 1620. The second-order valence-electron chi connectivity index (χ2n) is 8.55. The van der Waals surface area contributed by atoms with Crippen molar-refractivity contribution in [1.29, 1.82) is 0 Å². The molecule has 4 aromatic rings. The molecule has 0 aliphatic carbocycles. The minimum Gasteiger partial charge on any atom is -0.468 e. The molecule has 1 heterocycles. The van der Waals surface area contributed by atoms with Crippen molar-refractivity contribution < 1.29 is 35.9 Å². The SMILES string of the molecule is COC(=O)[C@H](NS(=O)(=O)c1ccc2c(c1)oc1cc(NC(=O)Nc3ccc(F)c(F)c3)ccc12)C(C)C. The van der Waals surface area contributed by atoms with Gasteiger partial charge in [0.15, 0.2) is 11.6 Å². The highest BCUT2D eigenvalue weighted by Crippen LogP contribution is 2.32. The lowest BCUT2D eigenvalue weighted by Crippen LogP contribution is -2.44. The first-order valence-corrected chi connectivity index (χ1v) is 12.6. The summed E-state index contributed by atoms with van der Waals surface area (Å²) in [7, 11) is -2.89. The molecular formula is C25H23F2N3O6S. The molecule has 12 heteroatoms. The van der Waals surface area contributed by atoms with Crippen molar-refractivity contribution >= 4 is 55.3 Å². The molecule has 0 aliphatic heterocycles. The Balaban J connectivity index is 1.57. The molecule has 0 aliphatic rings. The summed E-state index contributed by atoms with van der Waals surface area (Å²) in [5.41, 5.74) is 1.06. The molecule has 9 nitrogen and oxygen atoms in total. The third-order valence-corrected chi connectivity index (χ3v) is 7.03. The highest BCUT2D eigenvalue weighted by Gasteiger charge is 2.29. The van der Waals surface area contributed by atoms with Crippen molar-refractivity contribution in [1.82, 2.24) is 4.72 Å². The summed E-state index contributed by atoms with van der Waals surface area (Å²) in [4.78, 5) is 24.2. The van der Waals surface area contributed by atoms with E-state index in [1.54, 1.807) is 38.1 Å². The number of carbonyl (C=O) groups excluding carboxylic acids is 2. The predicted molar refractivity (Wildman–Crippen MR) is 134 cm³/mol. The summed E-state index contributed by atoms with van der Waals surface area (Å²) in [6.07, 6.45) is 0. The van der Waals surface area contributed by atoms with Gasteiger partial charge in [-0.05, 0) is 42.3 Å². The zero-order chi connectivity index (χ0) is 26.9. The Hall–Kier alpha value is -4.03. The Kier molecular flexibility index (Phi) is 7.14. The van der Waals surface area contributed by atoms with E-state index < -0.39 is 39.7 Å². The number of esters is 1. The maximum absolute atomic E-state index is 13.4. The fourth-order valence-electron chi connectivity index (χ4n) is 3.69. The van der Waals surface area contributed by atoms with Crippen LogP contribution in [-0.2, 0) is 19.6 Å². The number of sulfonamides is 1. The normalized spacial score (nSPS) is 12.6. The Morgan fingerprint density at radius 3 is 2.08 bits per heavy atom. The van der Waals surface area contributed by atoms with Crippen molar-refractivity contribution in [3.63, 3.8) is 0 Å². The lowest BCUT2D eigenvalue weighted by atomic mass is 10.1. The van der Waals surface area contributed by atoms with E-state index >= 15 is 0 Å². The van der Waals surface area contributed by atoms with Crippen LogP contribution in [0.2, 0.25) is 0 Å². The molecule has 0 radical (unpaired) electrons. The number of carbonyl (C=O) groups is 2. The number of rotatable bonds is 7. The van der Waals surface area contributed by atoms with Gasteiger partial charge in [-0.2, -0.15) is 4.72 Å². The third kappa shape index (κ3) is 5.54. The molecule has 1 aromatic heterocycles. The van der Waals surface area contributed by atoms with Crippen LogP contribution in [0.1, 0.15) is 13.8 Å². The summed E-state index contributed by atoms with van der Waals surface area (Å²) in [6.45, 7) is 3.38. The standard InChI is InChI=1S/C25H23F2N3O6S/c1-13(2)23(24(31)35-3)30-37(33,34)16-6-8-18-17-7-4-15(11-21(17)36-22(18)12-16)29-25(32)28-14-5-9-19(26)20(27)10-14/h4-13,23,30H,1-3H3,(H2,28,29,32)/t23-/m1/s1. The number of amides is 2. The van der Waals surface area contributed by atoms with Gasteiger partial charge in [-0.1, -0.05) is 13.8 Å². The van der Waals surface area contributed by atoms with E-state index in [2.05, 4.69) is 15.4 Å². The van der Waals surface area contributed by atoms with Gasteiger partial charge >= 0.3 is 12.0 Å². The van der Waals surface area contributed by atoms with E-state index in [0.717, 1.165) is 12.1 Å². The number of ether oxygens (including phenoxy) is 1. The number of nitrogens with one attached hydrogen (secondary N) is 3. The second kappa shape index (κ2) is 10.1. The highest BCUT2D eigenvalue weighted by atomic mass is 32.2. The molecule has 0 saturated carbocycles. The molecule has 3 N–H and O–H groups in total. The van der Waals surface area contributed by atoms with E-state index in [1.807, 2.05) is 0 Å². The first kappa shape index (κ1) is 26.0. The predicted octanol–water partition coefficient (Wildman–Crippen LogP) is 4.98. The van der Waals surface area contributed by atoms with Crippen LogP contribution in [-0.4, -0.2) is 33.6 Å². The zero-order valence-electron chi connectivity index (χ0n) is 20.0. The molecule has 0 saturated heterocycles. The van der Waals surface area contributed by atoms with Crippen LogP contribution in [0.4, 0.5) is 25.0 Å². The smallest absolute Gasteiger partial charge is 0.324 e. The number of halogens is 2. The van der Waals surface area contributed by atoms with Gasteiger partial charge in [-0.25, -0.2) is 22.0 Å². The number of benzene rings is 3. The number of hydrogen-bond donors (Lipinski definition) is 3. The van der Waals surface area contributed by atoms with Crippen LogP contribution in [0.3, 0.4) is 0 Å². The van der Waals surface area contributed by atoms with E-state index in [-0.39, 0.29) is 22.1 Å². The summed E-state index contributed by atoms with van der Waals surface area (Å²) >= 11 is 0. The Morgan fingerprint density at radius 2 is 1.46 bits per heavy atom. The molecule has 3 aromatic carbocycles. The first-order valence-electron chi connectivity index (χ1n) is 11.1. The fraction of sp³-hybridized carbons (Fsp3) is 0.200. The second-order valence-corrected chi connectivity index (χ2v) is 10.3. The van der Waals surface area contributed by atoms with Crippen LogP contribution in [0.25, 0.3) is 21.9 Å². The topological polar surface area (TPSA) is 127 Å². The minimum atomic E-state index is -4.07. The van der Waals surface area contributed by atoms with Gasteiger partial charge in [0.25, 0.3) is 0 Å². The van der Waals surface area contributed by atoms with Crippen molar-refractivity contribution in [3.05, 3.63) is 66.2 Å². The number of hydrogen-bond acceptors (Lipinski definition) is 6. The average Bonchev–Trinajstić information content (AvgIpc) is 3.21. The zero-order valence-corrected chi connectivity index (χ0v) is 20.8. The van der Waals surface area contributed by atoms with Gasteiger partial charge in [0.2, 0.25) is 10.0 Å². The van der Waals surface area contributed by atoms with Crippen LogP contribution < -0.4 is 15.4 Å². The highest BCUT2D eigenvalue weighted by molar-refractivity contribution is 7.89. The molecule has 0 unspecified atom stereocenters. The monoisotopic (exact) mass is 531 g/mol. The number of fused-ring (bicyclic) bond motifs is 3. The maximum Gasteiger partial charge on any atom is 0.324 e. The minimum absolute atomic E-state index is 0.0652. The van der Waals surface area contributed by atoms with Gasteiger partial charge < -0.3 is 19.8 Å². The maximum atomic E-state index is 13.4. The van der Waals surface area contributed by atoms with Gasteiger partial charge in [0, 0.05) is 40.3 Å². The molecule has 1 atom stereocenters. The van der Waals surface area contributed by atoms with Gasteiger partial charge in [-0.3, -0.25) is 4.79 Å². The molecule has 2 amide bonds. The lowest BCUT2D eigenvalue weighted by molar-refractivity contribution is -0.143. The fourth-order valence-corrected chi connectivity index (χ4v) is 5.04. The van der Waals surface area contributed by atoms with Crippen molar-refractivity contribution in [2.75, 3.05) is 17.7 Å². The molecule has 4 rings (SSSR count). The van der Waals surface area contributed by atoms with Crippen molar-refractivity contribution in [2.45, 2.75) is 24.8 Å². The Morgan fingerprint density at radius 1 is 0.865 bits per heavy atom. The summed E-state index contributed by atoms with van der Waals surface area (Å²) in [5.74, 6) is -3.17. The van der Waals surface area contributed by atoms with Crippen LogP contribution >= 0.6 is 0 Å². The summed E-state index contributed by atoms with van der Waals surface area (Å²) in [6, 6.07) is 10.4. The van der Waals surface area contributed by atoms with Gasteiger partial charge in [0.05, 0.1) is 12.0 Å². The van der Waals surface area contributed by atoms with Crippen LogP contribution in [0, 0.1) is 17.6 Å². The molecular weight excluding hydrogens is 508 g/mol. The van der Waals surface area contributed by atoms with Crippen LogP contribution in [0.15, 0.2) is 63.9 Å². The molecule has 0 fully saturated rings. The number of furan rings is 1. The van der Waals surface area contributed by atoms with E-state index in [1.165, 1.54) is 25.3 Å². The molecule has 0 bridgehead atoms. The average molecular weight is 532 g/mol.